The van der Waals surface area contributed by atoms with E-state index in [4.69, 9.17) is 4.52 Å². The highest BCUT2D eigenvalue weighted by molar-refractivity contribution is 6.02. The quantitative estimate of drug-likeness (QED) is 0.705. The molecule has 13 heavy (non-hydrogen) atoms. The van der Waals surface area contributed by atoms with Gasteiger partial charge in [0.05, 0.1) is 12.1 Å². The molecule has 0 saturated carbocycles. The molecule has 0 radical (unpaired) electrons. The van der Waals surface area contributed by atoms with Crippen molar-refractivity contribution in [2.75, 3.05) is 5.32 Å². The van der Waals surface area contributed by atoms with Gasteiger partial charge in [0.1, 0.15) is 5.78 Å². The molecule has 0 saturated heterocycles. The Morgan fingerprint density at radius 1 is 1.62 bits per heavy atom. The van der Waals surface area contributed by atoms with Crippen LogP contribution < -0.4 is 5.32 Å². The Hall–Kier alpha value is -1.65. The number of carbonyl (C=O) groups excluding carboxylic acids is 2. The standard InChI is InChI=1S/C8H10N2O3/c1-5-3-8(13-10-5)9-7(12)4-6(2)11/h3H,4H2,1-2H3,(H,9,12). The first-order chi connectivity index (χ1) is 6.08. The van der Waals surface area contributed by atoms with E-state index in [0.29, 0.717) is 5.69 Å². The molecule has 0 spiro atoms. The maximum atomic E-state index is 11.0. The first-order valence-corrected chi connectivity index (χ1v) is 3.80. The predicted molar refractivity (Wildman–Crippen MR) is 45.2 cm³/mol. The topological polar surface area (TPSA) is 72.2 Å². The molecular weight excluding hydrogens is 172 g/mol. The summed E-state index contributed by atoms with van der Waals surface area (Å²) in [6, 6.07) is 1.58. The number of rotatable bonds is 3. The molecule has 5 nitrogen and oxygen atoms in total. The summed E-state index contributed by atoms with van der Waals surface area (Å²) in [7, 11) is 0. The van der Waals surface area contributed by atoms with Gasteiger partial charge >= 0.3 is 0 Å². The van der Waals surface area contributed by atoms with Crippen LogP contribution in [0.5, 0.6) is 0 Å². The first kappa shape index (κ1) is 9.44. The lowest BCUT2D eigenvalue weighted by Crippen LogP contribution is -2.14. The van der Waals surface area contributed by atoms with Crippen LogP contribution in [0.4, 0.5) is 5.88 Å². The van der Waals surface area contributed by atoms with Gasteiger partial charge in [0.2, 0.25) is 11.8 Å². The van der Waals surface area contributed by atoms with Crippen molar-refractivity contribution in [2.24, 2.45) is 0 Å². The largest absolute Gasteiger partial charge is 0.338 e. The predicted octanol–water partition coefficient (Wildman–Crippen LogP) is 0.901. The average Bonchev–Trinajstić information content (AvgIpc) is 2.33. The van der Waals surface area contributed by atoms with Crippen molar-refractivity contribution in [1.29, 1.82) is 0 Å². The van der Waals surface area contributed by atoms with Crippen molar-refractivity contribution in [3.05, 3.63) is 11.8 Å². The second-order valence-corrected chi connectivity index (χ2v) is 2.76. The van der Waals surface area contributed by atoms with Gasteiger partial charge in [-0.1, -0.05) is 5.16 Å². The maximum absolute atomic E-state index is 11.0. The van der Waals surface area contributed by atoms with E-state index in [1.165, 1.54) is 6.92 Å². The number of carbonyl (C=O) groups is 2. The van der Waals surface area contributed by atoms with Crippen LogP contribution >= 0.6 is 0 Å². The third kappa shape index (κ3) is 3.06. The molecule has 1 heterocycles. The lowest BCUT2D eigenvalue weighted by Gasteiger charge is -1.96. The monoisotopic (exact) mass is 182 g/mol. The molecular formula is C8H10N2O3. The fraction of sp³-hybridized carbons (Fsp3) is 0.375. The number of aryl methyl sites for hydroxylation is 1. The summed E-state index contributed by atoms with van der Waals surface area (Å²) in [4.78, 5) is 21.6. The number of Topliss-reactive ketones (excluding diaryl/α,β-unsaturated/α-hetero) is 1. The number of aromatic nitrogens is 1. The van der Waals surface area contributed by atoms with E-state index in [1.807, 2.05) is 0 Å². The van der Waals surface area contributed by atoms with Gasteiger partial charge in [0, 0.05) is 6.07 Å². The number of hydrogen-bond donors (Lipinski definition) is 1. The summed E-state index contributed by atoms with van der Waals surface area (Å²) in [5.41, 5.74) is 0.679. The molecule has 0 aliphatic rings. The zero-order chi connectivity index (χ0) is 9.84. The Labute approximate surface area is 75.1 Å². The van der Waals surface area contributed by atoms with Gasteiger partial charge in [0.25, 0.3) is 0 Å². The molecule has 0 bridgehead atoms. The van der Waals surface area contributed by atoms with Crippen LogP contribution in [0.3, 0.4) is 0 Å². The average molecular weight is 182 g/mol. The number of hydrogen-bond acceptors (Lipinski definition) is 4. The van der Waals surface area contributed by atoms with Crippen molar-refractivity contribution in [3.63, 3.8) is 0 Å². The minimum Gasteiger partial charge on any atom is -0.338 e. The fourth-order valence-corrected chi connectivity index (χ4v) is 0.830. The molecule has 0 fully saturated rings. The highest BCUT2D eigenvalue weighted by atomic mass is 16.5. The Bertz CT molecular complexity index is 330. The summed E-state index contributed by atoms with van der Waals surface area (Å²) >= 11 is 0. The first-order valence-electron chi connectivity index (χ1n) is 3.80. The SMILES string of the molecule is CC(=O)CC(=O)Nc1cc(C)no1. The molecule has 0 atom stereocenters. The Morgan fingerprint density at radius 3 is 2.77 bits per heavy atom. The molecule has 0 aliphatic heterocycles. The molecule has 0 unspecified atom stereocenters. The highest BCUT2D eigenvalue weighted by Gasteiger charge is 2.07. The number of ketones is 1. The van der Waals surface area contributed by atoms with Gasteiger partial charge in [-0.3, -0.25) is 14.9 Å². The van der Waals surface area contributed by atoms with Gasteiger partial charge in [0.15, 0.2) is 0 Å². The Morgan fingerprint density at radius 2 is 2.31 bits per heavy atom. The van der Waals surface area contributed by atoms with Crippen LogP contribution in [-0.2, 0) is 9.59 Å². The normalized spacial score (nSPS) is 9.69. The summed E-state index contributed by atoms with van der Waals surface area (Å²) in [5, 5.41) is 5.98. The maximum Gasteiger partial charge on any atom is 0.234 e. The van der Waals surface area contributed by atoms with Crippen LogP contribution in [0.15, 0.2) is 10.6 Å². The summed E-state index contributed by atoms with van der Waals surface area (Å²) in [6.07, 6.45) is -0.139. The number of amides is 1. The van der Waals surface area contributed by atoms with E-state index in [-0.39, 0.29) is 24.0 Å². The van der Waals surface area contributed by atoms with Crippen LogP contribution in [0.1, 0.15) is 19.0 Å². The van der Waals surface area contributed by atoms with Crippen molar-refractivity contribution < 1.29 is 14.1 Å². The molecule has 1 N–H and O–H groups in total. The van der Waals surface area contributed by atoms with Crippen molar-refractivity contribution in [2.45, 2.75) is 20.3 Å². The van der Waals surface area contributed by atoms with Crippen LogP contribution in [-0.4, -0.2) is 16.8 Å². The van der Waals surface area contributed by atoms with E-state index < -0.39 is 0 Å². The Balaban J connectivity index is 2.50. The van der Waals surface area contributed by atoms with Crippen LogP contribution in [0.25, 0.3) is 0 Å². The third-order valence-electron chi connectivity index (χ3n) is 1.30. The molecule has 1 amide bonds. The molecule has 1 aromatic rings. The van der Waals surface area contributed by atoms with Crippen molar-refractivity contribution in [1.82, 2.24) is 5.16 Å². The van der Waals surface area contributed by atoms with E-state index in [0.717, 1.165) is 0 Å². The van der Waals surface area contributed by atoms with Gasteiger partial charge in [-0.15, -0.1) is 0 Å². The smallest absolute Gasteiger partial charge is 0.234 e. The fourth-order valence-electron chi connectivity index (χ4n) is 0.830. The minimum atomic E-state index is -0.386. The summed E-state index contributed by atoms with van der Waals surface area (Å²) in [5.74, 6) is -0.305. The summed E-state index contributed by atoms with van der Waals surface area (Å²) < 4.78 is 4.72. The molecule has 0 aliphatic carbocycles. The van der Waals surface area contributed by atoms with Gasteiger partial charge in [-0.05, 0) is 13.8 Å². The minimum absolute atomic E-state index is 0.139. The third-order valence-corrected chi connectivity index (χ3v) is 1.30. The number of anilines is 1. The van der Waals surface area contributed by atoms with E-state index >= 15 is 0 Å². The lowest BCUT2D eigenvalue weighted by atomic mass is 10.3. The van der Waals surface area contributed by atoms with Gasteiger partial charge in [-0.2, -0.15) is 0 Å². The van der Waals surface area contributed by atoms with Gasteiger partial charge < -0.3 is 4.52 Å². The second-order valence-electron chi connectivity index (χ2n) is 2.76. The zero-order valence-corrected chi connectivity index (χ0v) is 7.46. The molecule has 0 aromatic carbocycles. The van der Waals surface area contributed by atoms with Gasteiger partial charge in [-0.25, -0.2) is 0 Å². The molecule has 70 valence electrons. The lowest BCUT2D eigenvalue weighted by molar-refractivity contribution is -0.124. The Kier molecular flexibility index (Phi) is 2.79. The highest BCUT2D eigenvalue weighted by Crippen LogP contribution is 2.08. The van der Waals surface area contributed by atoms with E-state index in [2.05, 4.69) is 10.5 Å². The molecule has 1 rings (SSSR count). The van der Waals surface area contributed by atoms with Crippen molar-refractivity contribution >= 4 is 17.6 Å². The molecule has 1 aromatic heterocycles. The number of nitrogens with one attached hydrogen (secondary N) is 1. The zero-order valence-electron chi connectivity index (χ0n) is 7.46. The second kappa shape index (κ2) is 3.84. The van der Waals surface area contributed by atoms with Crippen molar-refractivity contribution in [3.8, 4) is 0 Å². The molecule has 5 heteroatoms. The summed E-state index contributed by atoms with van der Waals surface area (Å²) in [6.45, 7) is 3.09. The van der Waals surface area contributed by atoms with Crippen LogP contribution in [0, 0.1) is 6.92 Å². The van der Waals surface area contributed by atoms with Crippen LogP contribution in [0.2, 0.25) is 0 Å². The number of nitrogens with zero attached hydrogens (tertiary/aromatic N) is 1. The van der Waals surface area contributed by atoms with E-state index in [1.54, 1.807) is 13.0 Å². The van der Waals surface area contributed by atoms with E-state index in [9.17, 15) is 9.59 Å².